The number of carbonyl (C=O) groups excluding carboxylic acids is 2. The lowest BCUT2D eigenvalue weighted by molar-refractivity contribution is -0.154. The summed E-state index contributed by atoms with van der Waals surface area (Å²) >= 11 is 0. The first kappa shape index (κ1) is 21.5. The van der Waals surface area contributed by atoms with Crippen molar-refractivity contribution in [1.29, 1.82) is 0 Å². The van der Waals surface area contributed by atoms with Crippen LogP contribution in [-0.2, 0) is 26.3 Å². The molecule has 0 saturated carbocycles. The normalized spacial score (nSPS) is 13.5. The smallest absolute Gasteiger partial charge is 0.347 e. The topological polar surface area (TPSA) is 83.1 Å². The third kappa shape index (κ3) is 5.65. The number of nitrogens with one attached hydrogen (secondary N) is 1. The number of carbonyl (C=O) groups is 2. The third-order valence-electron chi connectivity index (χ3n) is 4.64. The van der Waals surface area contributed by atoms with Crippen LogP contribution in [0.2, 0.25) is 0 Å². The fraction of sp³-hybridized carbons (Fsp3) is 0.391. The maximum atomic E-state index is 12.1. The van der Waals surface area contributed by atoms with Gasteiger partial charge in [0.05, 0.1) is 0 Å². The van der Waals surface area contributed by atoms with Crippen molar-refractivity contribution in [2.75, 3.05) is 13.4 Å². The van der Waals surface area contributed by atoms with Gasteiger partial charge in [0.2, 0.25) is 6.79 Å². The summed E-state index contributed by atoms with van der Waals surface area (Å²) in [5.74, 6) is 0.895. The second-order valence-electron chi connectivity index (χ2n) is 8.11. The first-order chi connectivity index (χ1) is 14.2. The SMILES string of the molecule is C[C@H](Oc1ccc(C(C)(C)C)cc1)C(=O)OCC(=O)NCc1ccc2c(c1)OCO2. The summed E-state index contributed by atoms with van der Waals surface area (Å²) in [7, 11) is 0. The Morgan fingerprint density at radius 3 is 2.47 bits per heavy atom. The second-order valence-corrected chi connectivity index (χ2v) is 8.11. The van der Waals surface area contributed by atoms with Gasteiger partial charge in [0, 0.05) is 6.54 Å². The molecule has 0 saturated heterocycles. The largest absolute Gasteiger partial charge is 0.479 e. The number of hydrogen-bond acceptors (Lipinski definition) is 6. The average Bonchev–Trinajstić information content (AvgIpc) is 3.18. The van der Waals surface area contributed by atoms with Gasteiger partial charge in [-0.2, -0.15) is 0 Å². The Bertz CT molecular complexity index is 901. The lowest BCUT2D eigenvalue weighted by atomic mass is 9.87. The van der Waals surface area contributed by atoms with Crippen LogP contribution in [0.3, 0.4) is 0 Å². The van der Waals surface area contributed by atoms with Crippen LogP contribution < -0.4 is 19.5 Å². The Balaban J connectivity index is 1.41. The van der Waals surface area contributed by atoms with Crippen molar-refractivity contribution in [2.45, 2.75) is 45.8 Å². The van der Waals surface area contributed by atoms with Gasteiger partial charge >= 0.3 is 5.97 Å². The van der Waals surface area contributed by atoms with Gasteiger partial charge in [-0.1, -0.05) is 39.0 Å². The molecule has 1 aliphatic rings. The van der Waals surface area contributed by atoms with Crippen LogP contribution in [0.4, 0.5) is 0 Å². The van der Waals surface area contributed by atoms with Crippen LogP contribution in [0, 0.1) is 0 Å². The van der Waals surface area contributed by atoms with Crippen LogP contribution in [-0.4, -0.2) is 31.4 Å². The van der Waals surface area contributed by atoms with Crippen molar-refractivity contribution in [3.8, 4) is 17.2 Å². The van der Waals surface area contributed by atoms with Gasteiger partial charge in [0.15, 0.2) is 24.2 Å². The number of rotatable bonds is 7. The fourth-order valence-electron chi connectivity index (χ4n) is 2.84. The number of fused-ring (bicyclic) bond motifs is 1. The molecule has 0 radical (unpaired) electrons. The Morgan fingerprint density at radius 1 is 1.07 bits per heavy atom. The van der Waals surface area contributed by atoms with Crippen LogP contribution in [0.1, 0.15) is 38.8 Å². The minimum Gasteiger partial charge on any atom is -0.479 e. The van der Waals surface area contributed by atoms with E-state index in [2.05, 4.69) is 26.1 Å². The van der Waals surface area contributed by atoms with E-state index in [1.54, 1.807) is 19.1 Å². The minimum atomic E-state index is -0.827. The van der Waals surface area contributed by atoms with Crippen molar-refractivity contribution in [3.63, 3.8) is 0 Å². The standard InChI is InChI=1S/C23H27NO6/c1-15(30-18-8-6-17(7-9-18)23(2,3)4)22(26)27-13-21(25)24-12-16-5-10-19-20(11-16)29-14-28-19/h5-11,15H,12-14H2,1-4H3,(H,24,25)/t15-/m0/s1. The van der Waals surface area contributed by atoms with Crippen molar-refractivity contribution in [1.82, 2.24) is 5.32 Å². The van der Waals surface area contributed by atoms with Crippen molar-refractivity contribution in [2.24, 2.45) is 0 Å². The summed E-state index contributed by atoms with van der Waals surface area (Å²) in [5.41, 5.74) is 2.07. The first-order valence-corrected chi connectivity index (χ1v) is 9.81. The summed E-state index contributed by atoms with van der Waals surface area (Å²) < 4.78 is 21.2. The zero-order chi connectivity index (χ0) is 21.7. The molecule has 0 bridgehead atoms. The molecular formula is C23H27NO6. The zero-order valence-corrected chi connectivity index (χ0v) is 17.7. The van der Waals surface area contributed by atoms with Crippen molar-refractivity contribution in [3.05, 3.63) is 53.6 Å². The van der Waals surface area contributed by atoms with E-state index in [1.165, 1.54) is 5.56 Å². The monoisotopic (exact) mass is 413 g/mol. The molecular weight excluding hydrogens is 386 g/mol. The van der Waals surface area contributed by atoms with Gasteiger partial charge in [-0.15, -0.1) is 0 Å². The van der Waals surface area contributed by atoms with Crippen LogP contribution in [0.5, 0.6) is 17.2 Å². The van der Waals surface area contributed by atoms with E-state index >= 15 is 0 Å². The summed E-state index contributed by atoms with van der Waals surface area (Å²) in [4.78, 5) is 24.1. The molecule has 30 heavy (non-hydrogen) atoms. The van der Waals surface area contributed by atoms with Crippen molar-refractivity contribution < 1.29 is 28.5 Å². The van der Waals surface area contributed by atoms with Crippen molar-refractivity contribution >= 4 is 11.9 Å². The molecule has 1 N–H and O–H groups in total. The quantitative estimate of drug-likeness (QED) is 0.701. The van der Waals surface area contributed by atoms with Crippen LogP contribution in [0.15, 0.2) is 42.5 Å². The Labute approximate surface area is 176 Å². The number of esters is 1. The molecule has 2 aromatic carbocycles. The maximum Gasteiger partial charge on any atom is 0.347 e. The number of amides is 1. The fourth-order valence-corrected chi connectivity index (χ4v) is 2.84. The molecule has 1 amide bonds. The molecule has 0 aliphatic carbocycles. The van der Waals surface area contributed by atoms with Gasteiger partial charge in [-0.05, 0) is 47.7 Å². The third-order valence-corrected chi connectivity index (χ3v) is 4.64. The molecule has 0 unspecified atom stereocenters. The highest BCUT2D eigenvalue weighted by Crippen LogP contribution is 2.32. The molecule has 7 nitrogen and oxygen atoms in total. The van der Waals surface area contributed by atoms with Gasteiger partial charge in [-0.25, -0.2) is 4.79 Å². The summed E-state index contributed by atoms with van der Waals surface area (Å²) in [6.45, 7) is 8.08. The highest BCUT2D eigenvalue weighted by Gasteiger charge is 2.19. The van der Waals surface area contributed by atoms with E-state index in [0.29, 0.717) is 23.8 Å². The van der Waals surface area contributed by atoms with Gasteiger partial charge in [-0.3, -0.25) is 4.79 Å². The lowest BCUT2D eigenvalue weighted by Gasteiger charge is -2.20. The molecule has 3 rings (SSSR count). The Morgan fingerprint density at radius 2 is 1.77 bits per heavy atom. The molecule has 160 valence electrons. The van der Waals surface area contributed by atoms with E-state index in [4.69, 9.17) is 18.9 Å². The maximum absolute atomic E-state index is 12.1. The molecule has 1 atom stereocenters. The van der Waals surface area contributed by atoms with Gasteiger partial charge in [0.25, 0.3) is 5.91 Å². The highest BCUT2D eigenvalue weighted by atomic mass is 16.7. The Hall–Kier alpha value is -3.22. The number of benzene rings is 2. The Kier molecular flexibility index (Phi) is 6.50. The molecule has 0 aromatic heterocycles. The van der Waals surface area contributed by atoms with E-state index in [9.17, 15) is 9.59 Å². The van der Waals surface area contributed by atoms with E-state index in [-0.39, 0.29) is 18.8 Å². The molecule has 7 heteroatoms. The van der Waals surface area contributed by atoms with E-state index < -0.39 is 18.0 Å². The zero-order valence-electron chi connectivity index (χ0n) is 17.7. The van der Waals surface area contributed by atoms with E-state index in [0.717, 1.165) is 5.56 Å². The summed E-state index contributed by atoms with van der Waals surface area (Å²) in [6, 6.07) is 13.0. The average molecular weight is 413 g/mol. The van der Waals surface area contributed by atoms with Crippen LogP contribution in [0.25, 0.3) is 0 Å². The highest BCUT2D eigenvalue weighted by molar-refractivity contribution is 5.82. The predicted molar refractivity (Wildman–Crippen MR) is 111 cm³/mol. The molecule has 1 aliphatic heterocycles. The second kappa shape index (κ2) is 9.07. The molecule has 0 fully saturated rings. The summed E-state index contributed by atoms with van der Waals surface area (Å²) in [6.07, 6.45) is -0.827. The molecule has 2 aromatic rings. The minimum absolute atomic E-state index is 0.0387. The number of hydrogen-bond donors (Lipinski definition) is 1. The van der Waals surface area contributed by atoms with Crippen LogP contribution >= 0.6 is 0 Å². The molecule has 0 spiro atoms. The number of ether oxygens (including phenoxy) is 4. The molecule has 1 heterocycles. The lowest BCUT2D eigenvalue weighted by Crippen LogP contribution is -2.32. The van der Waals surface area contributed by atoms with E-state index in [1.807, 2.05) is 30.3 Å². The predicted octanol–water partition coefficient (Wildman–Crippen LogP) is 3.34. The van der Waals surface area contributed by atoms with Gasteiger partial charge < -0.3 is 24.3 Å². The van der Waals surface area contributed by atoms with Gasteiger partial charge in [0.1, 0.15) is 5.75 Å². The first-order valence-electron chi connectivity index (χ1n) is 9.81. The summed E-state index contributed by atoms with van der Waals surface area (Å²) in [5, 5.41) is 2.70.